The molecule has 0 amide bonds. The van der Waals surface area contributed by atoms with Gasteiger partial charge in [-0.2, -0.15) is 0 Å². The number of hydrogen-bond donors (Lipinski definition) is 0. The molecule has 0 radical (unpaired) electrons. The number of carbonyl (C=O) groups is 1. The summed E-state index contributed by atoms with van der Waals surface area (Å²) in [5, 5.41) is 3.92. The van der Waals surface area contributed by atoms with Crippen LogP contribution in [-0.4, -0.2) is 50.5 Å². The van der Waals surface area contributed by atoms with Crippen LogP contribution in [0.15, 0.2) is 114 Å². The van der Waals surface area contributed by atoms with Crippen molar-refractivity contribution >= 4 is 5.78 Å². The summed E-state index contributed by atoms with van der Waals surface area (Å²) in [4.78, 5) is 17.2. The number of rotatable bonds is 15. The molecule has 0 saturated heterocycles. The topological polar surface area (TPSA) is 121 Å². The SMILES string of the molecule is COc1ccc(CO[C@H]2[C@H](OCc3ccccc3)[C@@H](OCc3ccccc3)[C@H](N=[N+]=[N-])C(=O)[C@@H]2OCc2ccc(OC)cc2)cc1. The number of Topliss-reactive ketones (excluding diaryl/α,β-unsaturated/α-hetero) is 1. The first-order valence-corrected chi connectivity index (χ1v) is 15.0. The normalized spacial score (nSPS) is 20.9. The number of methoxy groups -OCH3 is 2. The minimum Gasteiger partial charge on any atom is -0.497 e. The van der Waals surface area contributed by atoms with Crippen LogP contribution < -0.4 is 9.47 Å². The van der Waals surface area contributed by atoms with E-state index in [9.17, 15) is 10.3 Å². The molecule has 0 unspecified atom stereocenters. The van der Waals surface area contributed by atoms with E-state index < -0.39 is 36.2 Å². The molecule has 0 aliphatic heterocycles. The monoisotopic (exact) mass is 623 g/mol. The zero-order chi connectivity index (χ0) is 32.1. The maximum atomic E-state index is 14.1. The second-order valence-corrected chi connectivity index (χ2v) is 10.8. The highest BCUT2D eigenvalue weighted by Gasteiger charge is 2.53. The Morgan fingerprint density at radius 1 is 0.565 bits per heavy atom. The summed E-state index contributed by atoms with van der Waals surface area (Å²) in [6.45, 7) is 0.644. The molecular formula is C36H37N3O7. The van der Waals surface area contributed by atoms with Crippen molar-refractivity contribution in [3.63, 3.8) is 0 Å². The Bertz CT molecular complexity index is 1560. The Morgan fingerprint density at radius 3 is 1.43 bits per heavy atom. The van der Waals surface area contributed by atoms with Gasteiger partial charge in [0.15, 0.2) is 5.78 Å². The molecule has 1 aliphatic carbocycles. The Morgan fingerprint density at radius 2 is 0.978 bits per heavy atom. The zero-order valence-electron chi connectivity index (χ0n) is 25.8. The van der Waals surface area contributed by atoms with Gasteiger partial charge in [-0.3, -0.25) is 4.79 Å². The fourth-order valence-electron chi connectivity index (χ4n) is 5.30. The van der Waals surface area contributed by atoms with Crippen LogP contribution in [0, 0.1) is 0 Å². The molecule has 0 heterocycles. The Hall–Kier alpha value is -4.70. The van der Waals surface area contributed by atoms with Gasteiger partial charge in [-0.25, -0.2) is 0 Å². The van der Waals surface area contributed by atoms with E-state index in [1.54, 1.807) is 14.2 Å². The largest absolute Gasteiger partial charge is 0.497 e. The van der Waals surface area contributed by atoms with Crippen LogP contribution in [0.25, 0.3) is 10.4 Å². The minimum absolute atomic E-state index is 0.104. The first kappa shape index (κ1) is 32.7. The number of ketones is 1. The number of azide groups is 1. The predicted octanol–water partition coefficient (Wildman–Crippen LogP) is 6.61. The summed E-state index contributed by atoms with van der Waals surface area (Å²) >= 11 is 0. The van der Waals surface area contributed by atoms with E-state index in [2.05, 4.69) is 10.0 Å². The Balaban J connectivity index is 1.48. The second kappa shape index (κ2) is 16.6. The summed E-state index contributed by atoms with van der Waals surface area (Å²) in [7, 11) is 3.20. The Kier molecular flexibility index (Phi) is 11.8. The van der Waals surface area contributed by atoms with Crippen LogP contribution in [0.2, 0.25) is 0 Å². The van der Waals surface area contributed by atoms with E-state index >= 15 is 0 Å². The van der Waals surface area contributed by atoms with E-state index in [-0.39, 0.29) is 26.4 Å². The average molecular weight is 624 g/mol. The molecule has 0 N–H and O–H groups in total. The number of hydrogen-bond acceptors (Lipinski definition) is 8. The van der Waals surface area contributed by atoms with E-state index in [0.717, 1.165) is 22.3 Å². The number of benzene rings is 4. The maximum Gasteiger partial charge on any atom is 0.176 e. The first-order chi connectivity index (χ1) is 22.6. The van der Waals surface area contributed by atoms with Crippen LogP contribution >= 0.6 is 0 Å². The molecule has 5 rings (SSSR count). The molecule has 10 heteroatoms. The van der Waals surface area contributed by atoms with E-state index in [1.807, 2.05) is 109 Å². The van der Waals surface area contributed by atoms with Crippen molar-refractivity contribution < 1.29 is 33.2 Å². The molecule has 1 saturated carbocycles. The highest BCUT2D eigenvalue weighted by molar-refractivity contribution is 5.91. The van der Waals surface area contributed by atoms with Crippen molar-refractivity contribution in [2.75, 3.05) is 14.2 Å². The number of ether oxygens (including phenoxy) is 6. The summed E-state index contributed by atoms with van der Waals surface area (Å²) in [6, 6.07) is 32.9. The quantitative estimate of drug-likeness (QED) is 0.0830. The molecule has 4 aromatic carbocycles. The summed E-state index contributed by atoms with van der Waals surface area (Å²) < 4.78 is 36.3. The standard InChI is InChI=1S/C36H37N3O7/c1-41-29-17-13-27(14-18-29)23-44-34-32(40)31(38-39-37)33(43-21-25-9-5-3-6-10-25)35(45-22-26-11-7-4-8-12-26)36(34)46-24-28-15-19-30(42-2)20-16-28/h3-20,31,33-36H,21-24H2,1-2H3/t31-,33+,34+,35-,36-/m1/s1. The van der Waals surface area contributed by atoms with Gasteiger partial charge in [0.25, 0.3) is 0 Å². The third-order valence-corrected chi connectivity index (χ3v) is 7.77. The summed E-state index contributed by atoms with van der Waals surface area (Å²) in [5.41, 5.74) is 13.1. The van der Waals surface area contributed by atoms with Gasteiger partial charge in [0.1, 0.15) is 42.0 Å². The lowest BCUT2D eigenvalue weighted by atomic mass is 9.84. The van der Waals surface area contributed by atoms with Gasteiger partial charge in [-0.1, -0.05) is 90.0 Å². The third kappa shape index (κ3) is 8.51. The van der Waals surface area contributed by atoms with Gasteiger partial charge < -0.3 is 28.4 Å². The first-order valence-electron chi connectivity index (χ1n) is 15.0. The summed E-state index contributed by atoms with van der Waals surface area (Å²) in [5.74, 6) is 0.978. The van der Waals surface area contributed by atoms with Crippen molar-refractivity contribution in [1.29, 1.82) is 0 Å². The van der Waals surface area contributed by atoms with Crippen LogP contribution in [0.3, 0.4) is 0 Å². The predicted molar refractivity (Wildman–Crippen MR) is 171 cm³/mol. The molecule has 4 aromatic rings. The second-order valence-electron chi connectivity index (χ2n) is 10.8. The number of nitrogens with zero attached hydrogens (tertiary/aromatic N) is 3. The van der Waals surface area contributed by atoms with Gasteiger partial charge >= 0.3 is 0 Å². The van der Waals surface area contributed by atoms with Crippen LogP contribution in [0.4, 0.5) is 0 Å². The van der Waals surface area contributed by atoms with Crippen LogP contribution in [0.1, 0.15) is 22.3 Å². The van der Waals surface area contributed by atoms with Crippen molar-refractivity contribution in [2.24, 2.45) is 5.11 Å². The Labute approximate surface area is 268 Å². The van der Waals surface area contributed by atoms with Gasteiger partial charge in [-0.05, 0) is 52.1 Å². The fraction of sp³-hybridized carbons (Fsp3) is 0.306. The minimum atomic E-state index is -1.21. The van der Waals surface area contributed by atoms with Gasteiger partial charge in [0.05, 0.1) is 40.6 Å². The lowest BCUT2D eigenvalue weighted by molar-refractivity contribution is -0.214. The van der Waals surface area contributed by atoms with E-state index in [0.29, 0.717) is 11.5 Å². The molecule has 0 aromatic heterocycles. The van der Waals surface area contributed by atoms with Gasteiger partial charge in [0, 0.05) is 4.91 Å². The van der Waals surface area contributed by atoms with Gasteiger partial charge in [0.2, 0.25) is 0 Å². The third-order valence-electron chi connectivity index (χ3n) is 7.77. The highest BCUT2D eigenvalue weighted by atomic mass is 16.6. The molecule has 1 aliphatic rings. The molecule has 1 fully saturated rings. The zero-order valence-corrected chi connectivity index (χ0v) is 25.8. The van der Waals surface area contributed by atoms with Gasteiger partial charge in [-0.15, -0.1) is 0 Å². The smallest absolute Gasteiger partial charge is 0.176 e. The van der Waals surface area contributed by atoms with Crippen LogP contribution in [-0.2, 0) is 50.2 Å². The lowest BCUT2D eigenvalue weighted by Crippen LogP contribution is -2.63. The van der Waals surface area contributed by atoms with Crippen LogP contribution in [0.5, 0.6) is 11.5 Å². The molecule has 0 bridgehead atoms. The molecule has 238 valence electrons. The van der Waals surface area contributed by atoms with Crippen molar-refractivity contribution in [3.8, 4) is 11.5 Å². The van der Waals surface area contributed by atoms with E-state index in [4.69, 9.17) is 28.4 Å². The molecule has 10 nitrogen and oxygen atoms in total. The highest BCUT2D eigenvalue weighted by Crippen LogP contribution is 2.32. The maximum absolute atomic E-state index is 14.1. The summed E-state index contributed by atoms with van der Waals surface area (Å²) in [6.07, 6.45) is -3.80. The van der Waals surface area contributed by atoms with Crippen molar-refractivity contribution in [2.45, 2.75) is 56.9 Å². The number of carbonyl (C=O) groups excluding carboxylic acids is 1. The molecule has 46 heavy (non-hydrogen) atoms. The average Bonchev–Trinajstić information content (AvgIpc) is 3.11. The molecule has 0 spiro atoms. The van der Waals surface area contributed by atoms with Crippen molar-refractivity contribution in [1.82, 2.24) is 0 Å². The van der Waals surface area contributed by atoms with Crippen molar-refractivity contribution in [3.05, 3.63) is 142 Å². The lowest BCUT2D eigenvalue weighted by Gasteiger charge is -2.43. The fourth-order valence-corrected chi connectivity index (χ4v) is 5.30. The molecule has 5 atom stereocenters. The van der Waals surface area contributed by atoms with E-state index in [1.165, 1.54) is 0 Å². The molecular weight excluding hydrogens is 586 g/mol.